The molecule has 0 bridgehead atoms. The molecule has 0 aromatic carbocycles. The highest BCUT2D eigenvalue weighted by atomic mass is 16.2. The fourth-order valence-electron chi connectivity index (χ4n) is 0.754. The van der Waals surface area contributed by atoms with E-state index in [-0.39, 0.29) is 18.1 Å². The lowest BCUT2D eigenvalue weighted by Gasteiger charge is -2.18. The maximum atomic E-state index is 10.6. The molecule has 1 heterocycles. The molecule has 1 rings (SSSR count). The van der Waals surface area contributed by atoms with Crippen LogP contribution in [-0.4, -0.2) is 18.1 Å². The predicted octanol–water partition coefficient (Wildman–Crippen LogP) is -0.725. The van der Waals surface area contributed by atoms with Gasteiger partial charge < -0.3 is 16.0 Å². The van der Waals surface area contributed by atoms with E-state index in [4.69, 9.17) is 0 Å². The highest BCUT2D eigenvalue weighted by molar-refractivity contribution is 5.79. The van der Waals surface area contributed by atoms with Crippen LogP contribution in [0.5, 0.6) is 0 Å². The third-order valence-corrected chi connectivity index (χ3v) is 1.15. The summed E-state index contributed by atoms with van der Waals surface area (Å²) in [6.45, 7) is 1.39. The maximum Gasteiger partial charge on any atom is 0.320 e. The Morgan fingerprint density at radius 1 is 1.73 bits per heavy atom. The van der Waals surface area contributed by atoms with Gasteiger partial charge in [0.25, 0.3) is 0 Å². The van der Waals surface area contributed by atoms with E-state index in [0.717, 1.165) is 0 Å². The molecule has 3 N–H and O–H groups in total. The summed E-state index contributed by atoms with van der Waals surface area (Å²) < 4.78 is 0. The second kappa shape index (κ2) is 3.05. The summed E-state index contributed by atoms with van der Waals surface area (Å²) in [7, 11) is 0. The molecule has 0 saturated carbocycles. The summed E-state index contributed by atoms with van der Waals surface area (Å²) in [4.78, 5) is 21.1. The third kappa shape index (κ3) is 2.29. The molecule has 0 aromatic heterocycles. The van der Waals surface area contributed by atoms with Crippen molar-refractivity contribution in [3.8, 4) is 0 Å². The van der Waals surface area contributed by atoms with Crippen LogP contribution in [0, 0.1) is 0 Å². The Morgan fingerprint density at radius 3 is 3.00 bits per heavy atom. The molecule has 11 heavy (non-hydrogen) atoms. The molecule has 1 aliphatic heterocycles. The first-order valence-electron chi connectivity index (χ1n) is 3.19. The minimum atomic E-state index is -0.388. The molecule has 0 fully saturated rings. The van der Waals surface area contributed by atoms with Gasteiger partial charge in [-0.15, -0.1) is 0 Å². The van der Waals surface area contributed by atoms with Gasteiger partial charge in [0.05, 0.1) is 0 Å². The molecule has 0 radical (unpaired) electrons. The lowest BCUT2D eigenvalue weighted by Crippen LogP contribution is -2.51. The van der Waals surface area contributed by atoms with E-state index in [0.29, 0.717) is 0 Å². The van der Waals surface area contributed by atoms with E-state index in [1.54, 1.807) is 6.08 Å². The zero-order valence-electron chi connectivity index (χ0n) is 6.05. The zero-order chi connectivity index (χ0) is 8.27. The Morgan fingerprint density at radius 2 is 2.45 bits per heavy atom. The van der Waals surface area contributed by atoms with Crippen molar-refractivity contribution in [1.82, 2.24) is 16.0 Å². The van der Waals surface area contributed by atoms with Crippen LogP contribution >= 0.6 is 0 Å². The van der Waals surface area contributed by atoms with Crippen molar-refractivity contribution in [1.29, 1.82) is 0 Å². The standard InChI is InChI=1S/C6H9N3O2/c1-4(10)8-5-2-3-7-6(11)9-5/h2-3,5H,1H3,(H,8,10)(H2,7,9,11)/t5-/m1/s1. The highest BCUT2D eigenvalue weighted by Gasteiger charge is 2.11. The Labute approximate surface area is 63.8 Å². The van der Waals surface area contributed by atoms with E-state index in [1.807, 2.05) is 0 Å². The van der Waals surface area contributed by atoms with E-state index in [1.165, 1.54) is 13.1 Å². The number of hydrogen-bond donors (Lipinski definition) is 3. The maximum absolute atomic E-state index is 10.6. The Balaban J connectivity index is 2.46. The van der Waals surface area contributed by atoms with Gasteiger partial charge in [-0.3, -0.25) is 4.79 Å². The number of carbonyl (C=O) groups excluding carboxylic acids is 2. The van der Waals surface area contributed by atoms with Crippen LogP contribution in [0.4, 0.5) is 4.79 Å². The quantitative estimate of drug-likeness (QED) is 0.467. The lowest BCUT2D eigenvalue weighted by atomic mass is 10.4. The molecule has 3 amide bonds. The molecule has 0 unspecified atom stereocenters. The summed E-state index contributed by atoms with van der Waals surface area (Å²) in [6.07, 6.45) is 2.74. The van der Waals surface area contributed by atoms with Crippen molar-refractivity contribution in [2.45, 2.75) is 13.1 Å². The fourth-order valence-corrected chi connectivity index (χ4v) is 0.754. The molecule has 1 atom stereocenters. The first kappa shape index (κ1) is 7.59. The summed E-state index contributed by atoms with van der Waals surface area (Å²) in [5.74, 6) is -0.179. The monoisotopic (exact) mass is 155 g/mol. The second-order valence-electron chi connectivity index (χ2n) is 2.16. The van der Waals surface area contributed by atoms with Crippen molar-refractivity contribution in [2.75, 3.05) is 0 Å². The number of nitrogens with one attached hydrogen (secondary N) is 3. The molecule has 0 aliphatic carbocycles. The van der Waals surface area contributed by atoms with Gasteiger partial charge in [-0.2, -0.15) is 0 Å². The van der Waals surface area contributed by atoms with Crippen LogP contribution < -0.4 is 16.0 Å². The van der Waals surface area contributed by atoms with Crippen molar-refractivity contribution < 1.29 is 9.59 Å². The zero-order valence-corrected chi connectivity index (χ0v) is 6.05. The summed E-state index contributed by atoms with van der Waals surface area (Å²) in [6, 6.07) is -0.314. The van der Waals surface area contributed by atoms with Crippen molar-refractivity contribution in [3.63, 3.8) is 0 Å². The van der Waals surface area contributed by atoms with Crippen LogP contribution in [0.25, 0.3) is 0 Å². The molecule has 5 heteroatoms. The van der Waals surface area contributed by atoms with E-state index >= 15 is 0 Å². The molecule has 60 valence electrons. The van der Waals surface area contributed by atoms with Crippen molar-refractivity contribution in [3.05, 3.63) is 12.3 Å². The molecule has 0 aromatic rings. The van der Waals surface area contributed by atoms with Gasteiger partial charge in [-0.1, -0.05) is 0 Å². The second-order valence-corrected chi connectivity index (χ2v) is 2.16. The molecular formula is C6H9N3O2. The van der Waals surface area contributed by atoms with Gasteiger partial charge in [0.2, 0.25) is 5.91 Å². The molecular weight excluding hydrogens is 146 g/mol. The lowest BCUT2D eigenvalue weighted by molar-refractivity contribution is -0.119. The topological polar surface area (TPSA) is 70.2 Å². The van der Waals surface area contributed by atoms with E-state index in [2.05, 4.69) is 16.0 Å². The third-order valence-electron chi connectivity index (χ3n) is 1.15. The first-order chi connectivity index (χ1) is 5.18. The number of amides is 3. The average molecular weight is 155 g/mol. The largest absolute Gasteiger partial charge is 0.333 e. The van der Waals surface area contributed by atoms with Crippen molar-refractivity contribution >= 4 is 11.9 Å². The molecule has 5 nitrogen and oxygen atoms in total. The van der Waals surface area contributed by atoms with Gasteiger partial charge in [-0.25, -0.2) is 4.79 Å². The normalized spacial score (nSPS) is 21.9. The smallest absolute Gasteiger partial charge is 0.320 e. The molecule has 1 aliphatic rings. The summed E-state index contributed by atoms with van der Waals surface area (Å²) in [5.41, 5.74) is 0. The Hall–Kier alpha value is -1.52. The number of urea groups is 1. The molecule has 0 spiro atoms. The van der Waals surface area contributed by atoms with Crippen LogP contribution in [0.2, 0.25) is 0 Å². The highest BCUT2D eigenvalue weighted by Crippen LogP contribution is 1.86. The summed E-state index contributed by atoms with van der Waals surface area (Å²) >= 11 is 0. The minimum absolute atomic E-state index is 0.179. The van der Waals surface area contributed by atoms with Crippen LogP contribution in [0.1, 0.15) is 6.92 Å². The van der Waals surface area contributed by atoms with Crippen LogP contribution in [0.3, 0.4) is 0 Å². The summed E-state index contributed by atoms with van der Waals surface area (Å²) in [5, 5.41) is 7.40. The van der Waals surface area contributed by atoms with Gasteiger partial charge in [0.15, 0.2) is 0 Å². The van der Waals surface area contributed by atoms with Crippen molar-refractivity contribution in [2.24, 2.45) is 0 Å². The van der Waals surface area contributed by atoms with Crippen LogP contribution in [-0.2, 0) is 4.79 Å². The van der Waals surface area contributed by atoms with Gasteiger partial charge in [0, 0.05) is 13.1 Å². The molecule has 0 saturated heterocycles. The average Bonchev–Trinajstić information content (AvgIpc) is 1.85. The predicted molar refractivity (Wildman–Crippen MR) is 38.4 cm³/mol. The SMILES string of the molecule is CC(=O)N[C@H]1C=CNC(=O)N1. The van der Waals surface area contributed by atoms with Gasteiger partial charge in [0.1, 0.15) is 6.17 Å². The first-order valence-corrected chi connectivity index (χ1v) is 3.19. The van der Waals surface area contributed by atoms with E-state index in [9.17, 15) is 9.59 Å². The Bertz CT molecular complexity index is 212. The fraction of sp³-hybridized carbons (Fsp3) is 0.333. The van der Waals surface area contributed by atoms with Gasteiger partial charge >= 0.3 is 6.03 Å². The van der Waals surface area contributed by atoms with Gasteiger partial charge in [-0.05, 0) is 6.08 Å². The van der Waals surface area contributed by atoms with Crippen LogP contribution in [0.15, 0.2) is 12.3 Å². The van der Waals surface area contributed by atoms with E-state index < -0.39 is 0 Å². The minimum Gasteiger partial charge on any atom is -0.333 e. The number of carbonyl (C=O) groups is 2. The Kier molecular flexibility index (Phi) is 2.10. The number of hydrogen-bond acceptors (Lipinski definition) is 2. The number of rotatable bonds is 1.